The van der Waals surface area contributed by atoms with Crippen LogP contribution in [0, 0.1) is 23.2 Å². The van der Waals surface area contributed by atoms with Gasteiger partial charge >= 0.3 is 11.9 Å². The van der Waals surface area contributed by atoms with Crippen molar-refractivity contribution in [3.05, 3.63) is 64.2 Å². The van der Waals surface area contributed by atoms with Crippen LogP contribution in [0.3, 0.4) is 0 Å². The van der Waals surface area contributed by atoms with Crippen molar-refractivity contribution in [1.82, 2.24) is 0 Å². The number of carbonyl (C=O) groups is 3. The monoisotopic (exact) mass is 460 g/mol. The Morgan fingerprint density at radius 1 is 1.24 bits per heavy atom. The Hall–Kier alpha value is -3.66. The summed E-state index contributed by atoms with van der Waals surface area (Å²) in [6.45, 7) is 4.15. The summed E-state index contributed by atoms with van der Waals surface area (Å²) in [6, 6.07) is 12.5. The number of ether oxygens (including phenoxy) is 1. The van der Waals surface area contributed by atoms with Crippen LogP contribution in [0.4, 0.5) is 5.69 Å². The van der Waals surface area contributed by atoms with Crippen LogP contribution < -0.4 is 5.32 Å². The highest BCUT2D eigenvalue weighted by Gasteiger charge is 2.68. The molecule has 1 amide bonds. The van der Waals surface area contributed by atoms with Crippen molar-refractivity contribution in [2.45, 2.75) is 51.4 Å². The molecular weight excluding hydrogens is 432 g/mol. The molecule has 34 heavy (non-hydrogen) atoms. The molecule has 2 aromatic carbocycles. The summed E-state index contributed by atoms with van der Waals surface area (Å²) >= 11 is 0. The Balaban J connectivity index is 1.53. The van der Waals surface area contributed by atoms with Crippen molar-refractivity contribution < 1.29 is 24.2 Å². The molecular formula is C27H28N2O5. The zero-order chi connectivity index (χ0) is 24.5. The molecule has 0 saturated heterocycles. The summed E-state index contributed by atoms with van der Waals surface area (Å²) < 4.78 is 4.98. The quantitative estimate of drug-likeness (QED) is 0.570. The van der Waals surface area contributed by atoms with Crippen molar-refractivity contribution >= 4 is 23.5 Å². The number of amides is 1. The summed E-state index contributed by atoms with van der Waals surface area (Å²) in [5.74, 6) is -1.53. The maximum Gasteiger partial charge on any atom is 0.335 e. The molecule has 1 spiro atoms. The fourth-order valence-electron chi connectivity index (χ4n) is 5.57. The number of aryl methyl sites for hydroxylation is 2. The van der Waals surface area contributed by atoms with Gasteiger partial charge in [-0.05, 0) is 79.5 Å². The van der Waals surface area contributed by atoms with Crippen LogP contribution in [0.15, 0.2) is 36.4 Å². The van der Waals surface area contributed by atoms with Gasteiger partial charge in [0.15, 0.2) is 0 Å². The van der Waals surface area contributed by atoms with E-state index in [1.807, 2.05) is 19.1 Å². The highest BCUT2D eigenvalue weighted by molar-refractivity contribution is 5.98. The molecule has 0 bridgehead atoms. The highest BCUT2D eigenvalue weighted by atomic mass is 16.5. The molecule has 2 N–H and O–H groups in total. The number of hydrogen-bond donors (Lipinski definition) is 2. The predicted octanol–water partition coefficient (Wildman–Crippen LogP) is 4.23. The molecule has 7 nitrogen and oxygen atoms in total. The van der Waals surface area contributed by atoms with E-state index in [1.165, 1.54) is 0 Å². The standard InChI is InChI=1S/C27H28N2O5/c1-3-34-23(30)6-4-5-19-8-7-17(15-28)13-22(19)29-25(31)24-16(2)27(24)12-11-18-9-10-20(26(32)33)14-21(18)27/h7-10,13-14,16,24H,3-6,11-12H2,1-2H3,(H,29,31)(H,32,33)/t16?,24?,27-/m0/s1. The number of nitriles is 1. The Morgan fingerprint density at radius 2 is 2.03 bits per heavy atom. The molecule has 4 rings (SSSR count). The second-order valence-corrected chi connectivity index (χ2v) is 9.12. The normalized spacial score (nSPS) is 22.0. The third-order valence-corrected chi connectivity index (χ3v) is 7.34. The lowest BCUT2D eigenvalue weighted by atomic mass is 9.92. The highest BCUT2D eigenvalue weighted by Crippen LogP contribution is 2.66. The maximum absolute atomic E-state index is 13.4. The largest absolute Gasteiger partial charge is 0.478 e. The molecule has 0 aliphatic heterocycles. The van der Waals surface area contributed by atoms with Crippen molar-refractivity contribution in [1.29, 1.82) is 5.26 Å². The third-order valence-electron chi connectivity index (χ3n) is 7.34. The first-order valence-corrected chi connectivity index (χ1v) is 11.7. The van der Waals surface area contributed by atoms with Crippen LogP contribution in [0.25, 0.3) is 0 Å². The number of esters is 1. The molecule has 2 aromatic rings. The molecule has 2 aliphatic carbocycles. The number of carboxylic acid groups (broad SMARTS) is 1. The van der Waals surface area contributed by atoms with Crippen LogP contribution >= 0.6 is 0 Å². The van der Waals surface area contributed by atoms with Gasteiger partial charge in [-0.15, -0.1) is 0 Å². The maximum atomic E-state index is 13.4. The van der Waals surface area contributed by atoms with Crippen LogP contribution in [0.2, 0.25) is 0 Å². The lowest BCUT2D eigenvalue weighted by Crippen LogP contribution is -2.21. The number of anilines is 1. The van der Waals surface area contributed by atoms with E-state index in [-0.39, 0.29) is 41.1 Å². The van der Waals surface area contributed by atoms with E-state index in [9.17, 15) is 24.8 Å². The second-order valence-electron chi connectivity index (χ2n) is 9.12. The van der Waals surface area contributed by atoms with Gasteiger partial charge < -0.3 is 15.2 Å². The lowest BCUT2D eigenvalue weighted by molar-refractivity contribution is -0.143. The van der Waals surface area contributed by atoms with E-state index in [0.717, 1.165) is 29.5 Å². The van der Waals surface area contributed by atoms with Crippen molar-refractivity contribution in [3.8, 4) is 6.07 Å². The van der Waals surface area contributed by atoms with Gasteiger partial charge in [0, 0.05) is 17.5 Å². The van der Waals surface area contributed by atoms with Crippen LogP contribution in [0.5, 0.6) is 0 Å². The van der Waals surface area contributed by atoms with Gasteiger partial charge in [0.1, 0.15) is 0 Å². The lowest BCUT2D eigenvalue weighted by Gasteiger charge is -2.15. The number of hydrogen-bond acceptors (Lipinski definition) is 5. The summed E-state index contributed by atoms with van der Waals surface area (Å²) in [5, 5.41) is 21.8. The van der Waals surface area contributed by atoms with Gasteiger partial charge in [0.2, 0.25) is 5.91 Å². The van der Waals surface area contributed by atoms with Gasteiger partial charge in [0.05, 0.1) is 29.7 Å². The minimum atomic E-state index is -0.972. The molecule has 3 atom stereocenters. The summed E-state index contributed by atoms with van der Waals surface area (Å²) in [7, 11) is 0. The molecule has 176 valence electrons. The molecule has 0 heterocycles. The zero-order valence-electron chi connectivity index (χ0n) is 19.4. The average molecular weight is 461 g/mol. The smallest absolute Gasteiger partial charge is 0.335 e. The van der Waals surface area contributed by atoms with E-state index in [0.29, 0.717) is 30.7 Å². The molecule has 2 unspecified atom stereocenters. The number of rotatable bonds is 8. The fraction of sp³-hybridized carbons (Fsp3) is 0.407. The van der Waals surface area contributed by atoms with Gasteiger partial charge in [-0.25, -0.2) is 4.79 Å². The predicted molar refractivity (Wildman–Crippen MR) is 125 cm³/mol. The first-order valence-electron chi connectivity index (χ1n) is 11.7. The van der Waals surface area contributed by atoms with Crippen LogP contribution in [-0.4, -0.2) is 29.6 Å². The number of aromatic carboxylic acids is 1. The van der Waals surface area contributed by atoms with Crippen molar-refractivity contribution in [2.75, 3.05) is 11.9 Å². The molecule has 1 saturated carbocycles. The number of carbonyl (C=O) groups excluding carboxylic acids is 2. The molecule has 2 aliphatic rings. The minimum Gasteiger partial charge on any atom is -0.478 e. The van der Waals surface area contributed by atoms with Gasteiger partial charge in [0.25, 0.3) is 0 Å². The first kappa shape index (κ1) is 23.5. The first-order chi connectivity index (χ1) is 16.3. The van der Waals surface area contributed by atoms with Gasteiger partial charge in [-0.1, -0.05) is 19.1 Å². The van der Waals surface area contributed by atoms with E-state index >= 15 is 0 Å². The summed E-state index contributed by atoms with van der Waals surface area (Å²) in [4.78, 5) is 36.6. The average Bonchev–Trinajstić information content (AvgIpc) is 3.23. The van der Waals surface area contributed by atoms with E-state index in [2.05, 4.69) is 11.4 Å². The number of nitrogens with zero attached hydrogens (tertiary/aromatic N) is 1. The van der Waals surface area contributed by atoms with Gasteiger partial charge in [-0.2, -0.15) is 5.26 Å². The molecule has 0 radical (unpaired) electrons. The summed E-state index contributed by atoms with van der Waals surface area (Å²) in [5.41, 5.74) is 3.86. The third kappa shape index (κ3) is 4.16. The van der Waals surface area contributed by atoms with Crippen molar-refractivity contribution in [3.63, 3.8) is 0 Å². The Bertz CT molecular complexity index is 1200. The Labute approximate surface area is 198 Å². The number of carboxylic acids is 1. The van der Waals surface area contributed by atoms with Crippen LogP contribution in [-0.2, 0) is 32.6 Å². The zero-order valence-corrected chi connectivity index (χ0v) is 19.4. The Kier molecular flexibility index (Phi) is 6.43. The summed E-state index contributed by atoms with van der Waals surface area (Å²) in [6.07, 6.45) is 3.06. The van der Waals surface area contributed by atoms with E-state index in [1.54, 1.807) is 31.2 Å². The SMILES string of the molecule is CCOC(=O)CCCc1ccc(C#N)cc1NC(=O)C1C(C)[C@]12CCc1ccc(C(=O)O)cc12. The number of fused-ring (bicyclic) bond motifs is 2. The van der Waals surface area contributed by atoms with E-state index in [4.69, 9.17) is 4.74 Å². The van der Waals surface area contributed by atoms with Crippen molar-refractivity contribution in [2.24, 2.45) is 11.8 Å². The topological polar surface area (TPSA) is 116 Å². The van der Waals surface area contributed by atoms with E-state index < -0.39 is 5.97 Å². The molecule has 0 aromatic heterocycles. The minimum absolute atomic E-state index is 0.0872. The number of nitrogens with one attached hydrogen (secondary N) is 1. The van der Waals surface area contributed by atoms with Gasteiger partial charge in [-0.3, -0.25) is 9.59 Å². The number of benzene rings is 2. The second kappa shape index (κ2) is 9.30. The Morgan fingerprint density at radius 3 is 2.74 bits per heavy atom. The van der Waals surface area contributed by atoms with Crippen LogP contribution in [0.1, 0.15) is 65.7 Å². The fourth-order valence-corrected chi connectivity index (χ4v) is 5.57. The molecule has 1 fully saturated rings. The molecule has 7 heteroatoms.